The van der Waals surface area contributed by atoms with Gasteiger partial charge in [0.15, 0.2) is 22.1 Å². The fraction of sp³-hybridized carbons (Fsp3) is 0.611. The fourth-order valence-electron chi connectivity index (χ4n) is 4.60. The summed E-state index contributed by atoms with van der Waals surface area (Å²) in [6, 6.07) is 0. The zero-order valence-corrected chi connectivity index (χ0v) is 15.7. The number of fused-ring (bicyclic) bond motifs is 2. The number of aliphatic hydroxyl groups excluding tert-OH is 3. The minimum atomic E-state index is -1.06. The Morgan fingerprint density at radius 2 is 2.04 bits per heavy atom. The lowest BCUT2D eigenvalue weighted by atomic mass is 10.0. The molecule has 0 amide bonds. The summed E-state index contributed by atoms with van der Waals surface area (Å²) in [7, 11) is 0. The predicted molar refractivity (Wildman–Crippen MR) is 102 cm³/mol. The van der Waals surface area contributed by atoms with E-state index in [1.807, 2.05) is 0 Å². The van der Waals surface area contributed by atoms with E-state index in [0.717, 1.165) is 12.8 Å². The molecular weight excluding hydrogens is 366 g/mol. The molecule has 0 aromatic carbocycles. The highest BCUT2D eigenvalue weighted by Crippen LogP contribution is 2.66. The average molecular weight is 389 g/mol. The minimum absolute atomic E-state index is 0.111. The van der Waals surface area contributed by atoms with Gasteiger partial charge in [0, 0.05) is 16.6 Å². The van der Waals surface area contributed by atoms with Crippen molar-refractivity contribution in [1.82, 2.24) is 19.5 Å². The highest BCUT2D eigenvalue weighted by molar-refractivity contribution is 7.99. The molecule has 5 rings (SSSR count). The van der Waals surface area contributed by atoms with Crippen LogP contribution in [0.1, 0.15) is 38.5 Å². The number of hydrogen-bond acceptors (Lipinski definition) is 8. The van der Waals surface area contributed by atoms with Gasteiger partial charge in [0.2, 0.25) is 0 Å². The molecule has 5 N–H and O–H groups in total. The van der Waals surface area contributed by atoms with Gasteiger partial charge in [-0.25, -0.2) is 15.0 Å². The van der Waals surface area contributed by atoms with Gasteiger partial charge in [-0.3, -0.25) is 4.57 Å². The largest absolute Gasteiger partial charge is 0.508 e. The first-order valence-corrected chi connectivity index (χ1v) is 10.3. The van der Waals surface area contributed by atoms with Crippen molar-refractivity contribution in [3.8, 4) is 0 Å². The molecule has 2 aromatic rings. The SMILES string of the molecule is Nc1nc(SC2CCCCC2)nc2c1ncn2C1=C(O)C(O)[C@]2(CO)C[C@H]12. The zero-order chi connectivity index (χ0) is 18.8. The van der Waals surface area contributed by atoms with Crippen molar-refractivity contribution < 1.29 is 15.3 Å². The second-order valence-electron chi connectivity index (χ2n) is 7.88. The molecule has 0 spiro atoms. The molecule has 144 valence electrons. The summed E-state index contributed by atoms with van der Waals surface area (Å²) in [6.45, 7) is -0.168. The predicted octanol–water partition coefficient (Wildman–Crippen LogP) is 1.93. The quantitative estimate of drug-likeness (QED) is 0.584. The number of anilines is 1. The summed E-state index contributed by atoms with van der Waals surface area (Å²) >= 11 is 1.65. The monoisotopic (exact) mass is 389 g/mol. The maximum atomic E-state index is 10.5. The fourth-order valence-corrected chi connectivity index (χ4v) is 5.76. The van der Waals surface area contributed by atoms with Gasteiger partial charge >= 0.3 is 0 Å². The van der Waals surface area contributed by atoms with Crippen molar-refractivity contribution in [3.05, 3.63) is 12.1 Å². The van der Waals surface area contributed by atoms with Gasteiger partial charge in [-0.1, -0.05) is 31.0 Å². The summed E-state index contributed by atoms with van der Waals surface area (Å²) in [5, 5.41) is 31.6. The van der Waals surface area contributed by atoms with Crippen molar-refractivity contribution in [2.75, 3.05) is 12.3 Å². The second-order valence-corrected chi connectivity index (χ2v) is 9.14. The van der Waals surface area contributed by atoms with Crippen LogP contribution in [0.2, 0.25) is 0 Å². The number of imidazole rings is 1. The van der Waals surface area contributed by atoms with Crippen molar-refractivity contribution >= 4 is 34.4 Å². The van der Waals surface area contributed by atoms with E-state index in [1.165, 1.54) is 19.3 Å². The van der Waals surface area contributed by atoms with Crippen LogP contribution in [0, 0.1) is 11.3 Å². The molecule has 0 radical (unpaired) electrons. The van der Waals surface area contributed by atoms with E-state index < -0.39 is 11.5 Å². The van der Waals surface area contributed by atoms with Crippen LogP contribution in [0.25, 0.3) is 16.9 Å². The summed E-state index contributed by atoms with van der Waals surface area (Å²) in [6.07, 6.45) is 7.21. The highest BCUT2D eigenvalue weighted by atomic mass is 32.2. The van der Waals surface area contributed by atoms with Crippen LogP contribution in [0.5, 0.6) is 0 Å². The zero-order valence-electron chi connectivity index (χ0n) is 14.9. The van der Waals surface area contributed by atoms with Crippen LogP contribution in [-0.4, -0.2) is 52.8 Å². The first kappa shape index (κ1) is 17.3. The van der Waals surface area contributed by atoms with Crippen molar-refractivity contribution in [2.24, 2.45) is 11.3 Å². The molecule has 2 aromatic heterocycles. The molecule has 8 nitrogen and oxygen atoms in total. The molecule has 0 saturated heterocycles. The van der Waals surface area contributed by atoms with Crippen LogP contribution in [0.4, 0.5) is 5.82 Å². The van der Waals surface area contributed by atoms with Crippen molar-refractivity contribution in [2.45, 2.75) is 55.0 Å². The van der Waals surface area contributed by atoms with Gasteiger partial charge in [0.25, 0.3) is 0 Å². The Morgan fingerprint density at radius 1 is 1.26 bits per heavy atom. The molecule has 0 aliphatic heterocycles. The van der Waals surface area contributed by atoms with Gasteiger partial charge in [-0.2, -0.15) is 0 Å². The summed E-state index contributed by atoms with van der Waals surface area (Å²) in [5.41, 5.74) is 7.04. The molecule has 2 heterocycles. The standard InChI is InChI=1S/C18H23N5O3S/c19-15-11-16(22-17(21-15)27-9-4-2-1-3-5-9)23(8-20-11)12-10-6-18(10,7-24)14(26)13(12)25/h8-10,14,24-26H,1-7H2,(H2,19,21,22)/t10-,14?,18+/m1/s1. The maximum Gasteiger partial charge on any atom is 0.191 e. The molecule has 2 fully saturated rings. The third kappa shape index (κ3) is 2.48. The highest BCUT2D eigenvalue weighted by Gasteiger charge is 2.67. The van der Waals surface area contributed by atoms with Crippen LogP contribution in [0.3, 0.4) is 0 Å². The van der Waals surface area contributed by atoms with Gasteiger partial charge in [0.05, 0.1) is 12.3 Å². The molecule has 2 saturated carbocycles. The molecule has 27 heavy (non-hydrogen) atoms. The number of hydrogen-bond donors (Lipinski definition) is 4. The molecular formula is C18H23N5O3S. The molecule has 1 unspecified atom stereocenters. The summed E-state index contributed by atoms with van der Waals surface area (Å²) in [5.74, 6) is 0.0960. The van der Waals surface area contributed by atoms with E-state index in [-0.39, 0.29) is 18.3 Å². The van der Waals surface area contributed by atoms with Gasteiger partial charge in [0.1, 0.15) is 18.2 Å². The average Bonchev–Trinajstić information content (AvgIpc) is 3.19. The van der Waals surface area contributed by atoms with E-state index in [4.69, 9.17) is 5.73 Å². The summed E-state index contributed by atoms with van der Waals surface area (Å²) in [4.78, 5) is 13.4. The Balaban J connectivity index is 1.54. The summed E-state index contributed by atoms with van der Waals surface area (Å²) < 4.78 is 1.70. The number of aliphatic hydroxyl groups is 3. The Morgan fingerprint density at radius 3 is 2.74 bits per heavy atom. The van der Waals surface area contributed by atoms with E-state index in [0.29, 0.717) is 39.5 Å². The normalized spacial score (nSPS) is 30.9. The van der Waals surface area contributed by atoms with Gasteiger partial charge in [-0.05, 0) is 19.3 Å². The van der Waals surface area contributed by atoms with Gasteiger partial charge in [-0.15, -0.1) is 0 Å². The number of nitrogen functional groups attached to an aromatic ring is 1. The number of thioether (sulfide) groups is 1. The molecule has 3 aliphatic carbocycles. The van der Waals surface area contributed by atoms with Crippen LogP contribution in [0.15, 0.2) is 17.2 Å². The third-order valence-corrected chi connectivity index (χ3v) is 7.49. The minimum Gasteiger partial charge on any atom is -0.508 e. The van der Waals surface area contributed by atoms with Gasteiger partial charge < -0.3 is 21.1 Å². The van der Waals surface area contributed by atoms with Crippen LogP contribution < -0.4 is 5.73 Å². The Labute approximate surface area is 160 Å². The van der Waals surface area contributed by atoms with Crippen molar-refractivity contribution in [1.29, 1.82) is 0 Å². The lowest BCUT2D eigenvalue weighted by Gasteiger charge is -2.20. The maximum absolute atomic E-state index is 10.5. The smallest absolute Gasteiger partial charge is 0.191 e. The van der Waals surface area contributed by atoms with E-state index in [1.54, 1.807) is 22.7 Å². The van der Waals surface area contributed by atoms with E-state index in [9.17, 15) is 15.3 Å². The lowest BCUT2D eigenvalue weighted by molar-refractivity contribution is 0.0524. The first-order chi connectivity index (χ1) is 13.0. The number of nitrogens with two attached hydrogens (primary N) is 1. The number of rotatable bonds is 4. The Bertz CT molecular complexity index is 938. The van der Waals surface area contributed by atoms with Crippen LogP contribution >= 0.6 is 11.8 Å². The lowest BCUT2D eigenvalue weighted by Crippen LogP contribution is -2.25. The topological polar surface area (TPSA) is 130 Å². The Kier molecular flexibility index (Phi) is 3.89. The Hall–Kier alpha value is -1.84. The number of allylic oxidation sites excluding steroid dienone is 1. The van der Waals surface area contributed by atoms with Crippen molar-refractivity contribution in [3.63, 3.8) is 0 Å². The molecule has 9 heteroatoms. The van der Waals surface area contributed by atoms with E-state index in [2.05, 4.69) is 15.0 Å². The number of nitrogens with zero attached hydrogens (tertiary/aromatic N) is 4. The van der Waals surface area contributed by atoms with E-state index >= 15 is 0 Å². The second kappa shape index (κ2) is 6.08. The first-order valence-electron chi connectivity index (χ1n) is 9.44. The van der Waals surface area contributed by atoms with Crippen LogP contribution in [-0.2, 0) is 0 Å². The molecule has 3 aliphatic rings. The molecule has 0 bridgehead atoms. The third-order valence-electron chi connectivity index (χ3n) is 6.29. The molecule has 3 atom stereocenters. The number of aromatic nitrogens is 4.